The molecule has 2 aromatic carbocycles. The van der Waals surface area contributed by atoms with Gasteiger partial charge in [-0.3, -0.25) is 4.79 Å². The Morgan fingerprint density at radius 2 is 1.45 bits per heavy atom. The van der Waals surface area contributed by atoms with Gasteiger partial charge in [0.05, 0.1) is 13.5 Å². The summed E-state index contributed by atoms with van der Waals surface area (Å²) < 4.78 is 10.0. The molecule has 4 heteroatoms. The lowest BCUT2D eigenvalue weighted by Gasteiger charge is -2.16. The minimum Gasteiger partial charge on any atom is -0.466 e. The molecule has 114 valence electrons. The van der Waals surface area contributed by atoms with E-state index in [0.29, 0.717) is 6.42 Å². The number of carbonyl (C=O) groups excluding carboxylic acids is 2. The van der Waals surface area contributed by atoms with Gasteiger partial charge in [-0.25, -0.2) is 4.79 Å². The largest absolute Gasteiger partial charge is 0.466 e. The Balaban J connectivity index is 2.00. The molecule has 0 saturated heterocycles. The van der Waals surface area contributed by atoms with Crippen LogP contribution in [0.5, 0.6) is 0 Å². The van der Waals surface area contributed by atoms with E-state index in [0.717, 1.165) is 11.1 Å². The molecular formula is C18H18O4. The van der Waals surface area contributed by atoms with E-state index in [2.05, 4.69) is 0 Å². The monoisotopic (exact) mass is 298 g/mol. The molecule has 0 aliphatic rings. The fourth-order valence-electron chi connectivity index (χ4n) is 2.10. The maximum absolute atomic E-state index is 12.0. The molecule has 4 nitrogen and oxygen atoms in total. The molecule has 1 atom stereocenters. The lowest BCUT2D eigenvalue weighted by Crippen LogP contribution is -2.31. The molecule has 0 N–H and O–H groups in total. The Hall–Kier alpha value is -2.62. The van der Waals surface area contributed by atoms with Crippen molar-refractivity contribution in [1.29, 1.82) is 0 Å². The zero-order chi connectivity index (χ0) is 15.8. The first-order valence-corrected chi connectivity index (χ1v) is 7.04. The van der Waals surface area contributed by atoms with Crippen LogP contribution in [0.4, 0.5) is 0 Å². The number of ether oxygens (including phenoxy) is 2. The van der Waals surface area contributed by atoms with E-state index in [1.54, 1.807) is 0 Å². The second-order valence-electron chi connectivity index (χ2n) is 4.85. The van der Waals surface area contributed by atoms with Crippen molar-refractivity contribution >= 4 is 11.9 Å². The molecular weight excluding hydrogens is 280 g/mol. The summed E-state index contributed by atoms with van der Waals surface area (Å²) >= 11 is 0. The van der Waals surface area contributed by atoms with E-state index in [-0.39, 0.29) is 6.42 Å². The van der Waals surface area contributed by atoms with Crippen molar-refractivity contribution in [2.24, 2.45) is 0 Å². The molecule has 2 aromatic rings. The fraction of sp³-hybridized carbons (Fsp3) is 0.222. The number of benzene rings is 2. The summed E-state index contributed by atoms with van der Waals surface area (Å²) in [7, 11) is 1.28. The summed E-state index contributed by atoms with van der Waals surface area (Å²) in [6.07, 6.45) is -0.499. The van der Waals surface area contributed by atoms with Crippen LogP contribution in [0.2, 0.25) is 0 Å². The molecule has 0 amide bonds. The quantitative estimate of drug-likeness (QED) is 0.769. The summed E-state index contributed by atoms with van der Waals surface area (Å²) in [4.78, 5) is 23.8. The van der Waals surface area contributed by atoms with Crippen molar-refractivity contribution in [3.05, 3.63) is 71.8 Å². The van der Waals surface area contributed by atoms with Crippen molar-refractivity contribution < 1.29 is 19.1 Å². The highest BCUT2D eigenvalue weighted by Gasteiger charge is 2.24. The lowest BCUT2D eigenvalue weighted by atomic mass is 10.1. The standard InChI is InChI=1S/C18H18O4/c1-21-18(20)16(12-14-8-4-2-5-9-14)22-17(19)13-15-10-6-3-7-11-15/h2-11,16H,12-13H2,1H3. The van der Waals surface area contributed by atoms with Crippen LogP contribution in [0, 0.1) is 0 Å². The van der Waals surface area contributed by atoms with Crippen molar-refractivity contribution in [2.75, 3.05) is 7.11 Å². The molecule has 2 rings (SSSR count). The van der Waals surface area contributed by atoms with Gasteiger partial charge in [-0.15, -0.1) is 0 Å². The number of rotatable bonds is 6. The van der Waals surface area contributed by atoms with Crippen molar-refractivity contribution in [1.82, 2.24) is 0 Å². The van der Waals surface area contributed by atoms with E-state index in [1.807, 2.05) is 60.7 Å². The van der Waals surface area contributed by atoms with E-state index in [4.69, 9.17) is 9.47 Å². The zero-order valence-corrected chi connectivity index (χ0v) is 12.4. The van der Waals surface area contributed by atoms with Gasteiger partial charge in [-0.1, -0.05) is 60.7 Å². The summed E-state index contributed by atoms with van der Waals surface area (Å²) in [6.45, 7) is 0. The summed E-state index contributed by atoms with van der Waals surface area (Å²) in [5, 5.41) is 0. The molecule has 22 heavy (non-hydrogen) atoms. The van der Waals surface area contributed by atoms with E-state index >= 15 is 0 Å². The maximum atomic E-state index is 12.0. The number of esters is 2. The number of hydrogen-bond acceptors (Lipinski definition) is 4. The van der Waals surface area contributed by atoms with Crippen molar-refractivity contribution in [3.63, 3.8) is 0 Å². The SMILES string of the molecule is COC(=O)C(Cc1ccccc1)OC(=O)Cc1ccccc1. The highest BCUT2D eigenvalue weighted by atomic mass is 16.6. The second kappa shape index (κ2) is 7.98. The van der Waals surface area contributed by atoms with Gasteiger partial charge < -0.3 is 9.47 Å². The minimum atomic E-state index is -0.927. The molecule has 0 bridgehead atoms. The average molecular weight is 298 g/mol. The summed E-state index contributed by atoms with van der Waals surface area (Å²) in [5.41, 5.74) is 1.75. The predicted molar refractivity (Wildman–Crippen MR) is 82.2 cm³/mol. The molecule has 0 aliphatic carbocycles. The van der Waals surface area contributed by atoms with Crippen LogP contribution >= 0.6 is 0 Å². The molecule has 0 fully saturated rings. The Morgan fingerprint density at radius 1 is 0.909 bits per heavy atom. The average Bonchev–Trinajstić information content (AvgIpc) is 2.55. The van der Waals surface area contributed by atoms with Crippen LogP contribution in [0.15, 0.2) is 60.7 Å². The van der Waals surface area contributed by atoms with Crippen LogP contribution in [0.1, 0.15) is 11.1 Å². The first-order valence-electron chi connectivity index (χ1n) is 7.04. The lowest BCUT2D eigenvalue weighted by molar-refractivity contribution is -0.165. The Bertz CT molecular complexity index is 607. The normalized spacial score (nSPS) is 11.5. The molecule has 0 saturated carbocycles. The van der Waals surface area contributed by atoms with Crippen LogP contribution in [0.3, 0.4) is 0 Å². The molecule has 0 aliphatic heterocycles. The number of methoxy groups -OCH3 is 1. The Labute approximate surface area is 129 Å². The number of hydrogen-bond donors (Lipinski definition) is 0. The minimum absolute atomic E-state index is 0.128. The molecule has 0 aromatic heterocycles. The van der Waals surface area contributed by atoms with Gasteiger partial charge >= 0.3 is 11.9 Å². The topological polar surface area (TPSA) is 52.6 Å². The first kappa shape index (κ1) is 15.8. The maximum Gasteiger partial charge on any atom is 0.347 e. The van der Waals surface area contributed by atoms with Crippen LogP contribution in [-0.4, -0.2) is 25.2 Å². The van der Waals surface area contributed by atoms with Crippen molar-refractivity contribution in [2.45, 2.75) is 18.9 Å². The van der Waals surface area contributed by atoms with Gasteiger partial charge in [-0.05, 0) is 11.1 Å². The van der Waals surface area contributed by atoms with E-state index < -0.39 is 18.0 Å². The zero-order valence-electron chi connectivity index (χ0n) is 12.4. The van der Waals surface area contributed by atoms with E-state index in [9.17, 15) is 9.59 Å². The van der Waals surface area contributed by atoms with Gasteiger partial charge in [0.25, 0.3) is 0 Å². The van der Waals surface area contributed by atoms with Crippen LogP contribution < -0.4 is 0 Å². The summed E-state index contributed by atoms with van der Waals surface area (Å²) in [6, 6.07) is 18.6. The third kappa shape index (κ3) is 4.74. The Morgan fingerprint density at radius 3 is 2.00 bits per heavy atom. The fourth-order valence-corrected chi connectivity index (χ4v) is 2.10. The van der Waals surface area contributed by atoms with Gasteiger partial charge in [-0.2, -0.15) is 0 Å². The highest BCUT2D eigenvalue weighted by molar-refractivity contribution is 5.80. The molecule has 1 unspecified atom stereocenters. The van der Waals surface area contributed by atoms with E-state index in [1.165, 1.54) is 7.11 Å². The second-order valence-corrected chi connectivity index (χ2v) is 4.85. The smallest absolute Gasteiger partial charge is 0.347 e. The van der Waals surface area contributed by atoms with Crippen LogP contribution in [0.25, 0.3) is 0 Å². The molecule has 0 radical (unpaired) electrons. The third-order valence-electron chi connectivity index (χ3n) is 3.19. The first-order chi connectivity index (χ1) is 10.7. The number of carbonyl (C=O) groups is 2. The molecule has 0 heterocycles. The summed E-state index contributed by atoms with van der Waals surface area (Å²) in [5.74, 6) is -0.997. The predicted octanol–water partition coefficient (Wildman–Crippen LogP) is 2.56. The highest BCUT2D eigenvalue weighted by Crippen LogP contribution is 2.10. The Kier molecular flexibility index (Phi) is 5.72. The third-order valence-corrected chi connectivity index (χ3v) is 3.19. The van der Waals surface area contributed by atoms with Gasteiger partial charge in [0.15, 0.2) is 0 Å². The van der Waals surface area contributed by atoms with Gasteiger partial charge in [0.2, 0.25) is 6.10 Å². The van der Waals surface area contributed by atoms with Crippen molar-refractivity contribution in [3.8, 4) is 0 Å². The molecule has 0 spiro atoms. The van der Waals surface area contributed by atoms with Crippen LogP contribution in [-0.2, 0) is 31.9 Å². The van der Waals surface area contributed by atoms with Gasteiger partial charge in [0.1, 0.15) is 0 Å². The van der Waals surface area contributed by atoms with Gasteiger partial charge in [0, 0.05) is 6.42 Å².